The molecule has 0 fully saturated rings. The van der Waals surface area contributed by atoms with E-state index in [1.165, 1.54) is 0 Å². The Balaban J connectivity index is 2.85. The van der Waals surface area contributed by atoms with E-state index < -0.39 is 12.6 Å². The molecule has 1 aromatic rings. The van der Waals surface area contributed by atoms with E-state index >= 15 is 0 Å². The number of hydrogen-bond donors (Lipinski definition) is 2. The molecule has 0 saturated heterocycles. The Morgan fingerprint density at radius 1 is 1.15 bits per heavy atom. The molecule has 0 amide bonds. The van der Waals surface area contributed by atoms with Crippen LogP contribution in [-0.2, 0) is 5.41 Å². The van der Waals surface area contributed by atoms with Crippen molar-refractivity contribution < 1.29 is 13.2 Å². The fourth-order valence-corrected chi connectivity index (χ4v) is 2.32. The molecule has 1 rings (SSSR count). The molecule has 0 aliphatic rings. The molecular formula is C15H23F3N2. The van der Waals surface area contributed by atoms with Crippen molar-refractivity contribution in [1.29, 1.82) is 0 Å². The second-order valence-corrected chi connectivity index (χ2v) is 6.06. The average molecular weight is 288 g/mol. The van der Waals surface area contributed by atoms with E-state index in [1.54, 1.807) is 0 Å². The number of rotatable bonds is 5. The van der Waals surface area contributed by atoms with Crippen LogP contribution in [0.5, 0.6) is 0 Å². The first kappa shape index (κ1) is 17.0. The maximum Gasteiger partial charge on any atom is 0.389 e. The second-order valence-electron chi connectivity index (χ2n) is 6.06. The Hall–Kier alpha value is -1.07. The van der Waals surface area contributed by atoms with E-state index in [9.17, 15) is 13.2 Å². The van der Waals surface area contributed by atoms with E-state index in [0.717, 1.165) is 11.1 Å². The lowest BCUT2D eigenvalue weighted by atomic mass is 9.81. The third kappa shape index (κ3) is 5.13. The SMILES string of the molecule is CC(C)(C)c1ccccc1C(CCCC(F)(F)F)NN. The van der Waals surface area contributed by atoms with Gasteiger partial charge >= 0.3 is 6.18 Å². The first-order chi connectivity index (χ1) is 9.15. The predicted molar refractivity (Wildman–Crippen MR) is 75.1 cm³/mol. The number of nitrogens with one attached hydrogen (secondary N) is 1. The summed E-state index contributed by atoms with van der Waals surface area (Å²) in [6, 6.07) is 7.50. The summed E-state index contributed by atoms with van der Waals surface area (Å²) >= 11 is 0. The van der Waals surface area contributed by atoms with Gasteiger partial charge in [0.2, 0.25) is 0 Å². The van der Waals surface area contributed by atoms with Crippen LogP contribution >= 0.6 is 0 Å². The van der Waals surface area contributed by atoms with Crippen LogP contribution in [0.25, 0.3) is 0 Å². The predicted octanol–water partition coefficient (Wildman–Crippen LogP) is 4.22. The largest absolute Gasteiger partial charge is 0.389 e. The Morgan fingerprint density at radius 2 is 1.75 bits per heavy atom. The first-order valence-corrected chi connectivity index (χ1v) is 6.77. The van der Waals surface area contributed by atoms with Crippen molar-refractivity contribution in [3.05, 3.63) is 35.4 Å². The zero-order valence-electron chi connectivity index (χ0n) is 12.2. The van der Waals surface area contributed by atoms with E-state index in [2.05, 4.69) is 26.2 Å². The molecular weight excluding hydrogens is 265 g/mol. The van der Waals surface area contributed by atoms with Gasteiger partial charge in [-0.05, 0) is 29.4 Å². The highest BCUT2D eigenvalue weighted by molar-refractivity contribution is 5.35. The third-order valence-corrected chi connectivity index (χ3v) is 3.30. The molecule has 1 aromatic carbocycles. The quantitative estimate of drug-likeness (QED) is 0.629. The van der Waals surface area contributed by atoms with Crippen molar-refractivity contribution >= 4 is 0 Å². The van der Waals surface area contributed by atoms with E-state index in [-0.39, 0.29) is 17.9 Å². The summed E-state index contributed by atoms with van der Waals surface area (Å²) in [6.07, 6.45) is -4.45. The molecule has 20 heavy (non-hydrogen) atoms. The minimum Gasteiger partial charge on any atom is -0.271 e. The first-order valence-electron chi connectivity index (χ1n) is 6.77. The van der Waals surface area contributed by atoms with E-state index in [1.807, 2.05) is 24.3 Å². The van der Waals surface area contributed by atoms with Crippen molar-refractivity contribution in [3.8, 4) is 0 Å². The topological polar surface area (TPSA) is 38.0 Å². The molecule has 3 N–H and O–H groups in total. The number of benzene rings is 1. The Kier molecular flexibility index (Phi) is 5.59. The second kappa shape index (κ2) is 6.59. The molecule has 0 saturated carbocycles. The fourth-order valence-electron chi connectivity index (χ4n) is 2.32. The zero-order valence-corrected chi connectivity index (χ0v) is 12.2. The number of alkyl halides is 3. The molecule has 2 nitrogen and oxygen atoms in total. The van der Waals surface area contributed by atoms with Crippen molar-refractivity contribution in [2.24, 2.45) is 5.84 Å². The van der Waals surface area contributed by atoms with Crippen molar-refractivity contribution in [2.75, 3.05) is 0 Å². The molecule has 114 valence electrons. The summed E-state index contributed by atoms with van der Waals surface area (Å²) in [7, 11) is 0. The smallest absolute Gasteiger partial charge is 0.271 e. The van der Waals surface area contributed by atoms with Gasteiger partial charge in [0.25, 0.3) is 0 Å². The summed E-state index contributed by atoms with van der Waals surface area (Å²) in [5, 5.41) is 0. The van der Waals surface area contributed by atoms with Crippen molar-refractivity contribution in [1.82, 2.24) is 5.43 Å². The van der Waals surface area contributed by atoms with Gasteiger partial charge in [-0.1, -0.05) is 45.0 Å². The van der Waals surface area contributed by atoms with Gasteiger partial charge in [0.1, 0.15) is 0 Å². The highest BCUT2D eigenvalue weighted by atomic mass is 19.4. The number of halogens is 3. The van der Waals surface area contributed by atoms with Crippen LogP contribution < -0.4 is 11.3 Å². The Bertz CT molecular complexity index is 422. The summed E-state index contributed by atoms with van der Waals surface area (Å²) in [6.45, 7) is 6.24. The van der Waals surface area contributed by atoms with Crippen LogP contribution in [0.1, 0.15) is 57.2 Å². The van der Waals surface area contributed by atoms with Gasteiger partial charge in [-0.2, -0.15) is 13.2 Å². The molecule has 5 heteroatoms. The van der Waals surface area contributed by atoms with E-state index in [0.29, 0.717) is 6.42 Å². The summed E-state index contributed by atoms with van der Waals surface area (Å²) < 4.78 is 36.7. The van der Waals surface area contributed by atoms with Gasteiger partial charge in [-0.15, -0.1) is 0 Å². The summed E-state index contributed by atoms with van der Waals surface area (Å²) in [5.74, 6) is 5.54. The van der Waals surface area contributed by atoms with Crippen molar-refractivity contribution in [3.63, 3.8) is 0 Å². The fraction of sp³-hybridized carbons (Fsp3) is 0.600. The third-order valence-electron chi connectivity index (χ3n) is 3.30. The van der Waals surface area contributed by atoms with Gasteiger partial charge in [0.05, 0.1) is 0 Å². The van der Waals surface area contributed by atoms with E-state index in [4.69, 9.17) is 5.84 Å². The molecule has 0 heterocycles. The Labute approximate surface area is 118 Å². The highest BCUT2D eigenvalue weighted by Gasteiger charge is 2.28. The maximum absolute atomic E-state index is 12.2. The standard InChI is InChI=1S/C15H23F3N2/c1-14(2,3)12-8-5-4-7-11(12)13(20-19)9-6-10-15(16,17)18/h4-5,7-8,13,20H,6,9-10,19H2,1-3H3. The van der Waals surface area contributed by atoms with Crippen LogP contribution in [0.3, 0.4) is 0 Å². The van der Waals surface area contributed by atoms with Gasteiger partial charge in [-0.3, -0.25) is 11.3 Å². The van der Waals surface area contributed by atoms with Crippen LogP contribution in [0.2, 0.25) is 0 Å². The summed E-state index contributed by atoms with van der Waals surface area (Å²) in [5.41, 5.74) is 4.66. The maximum atomic E-state index is 12.2. The molecule has 0 aliphatic heterocycles. The summed E-state index contributed by atoms with van der Waals surface area (Å²) in [4.78, 5) is 0. The van der Waals surface area contributed by atoms with Gasteiger partial charge in [0.15, 0.2) is 0 Å². The van der Waals surface area contributed by atoms with Gasteiger partial charge < -0.3 is 0 Å². The van der Waals surface area contributed by atoms with Crippen molar-refractivity contribution in [2.45, 2.75) is 57.7 Å². The highest BCUT2D eigenvalue weighted by Crippen LogP contribution is 2.32. The minimum atomic E-state index is -4.11. The number of hydrogen-bond acceptors (Lipinski definition) is 2. The normalized spacial score (nSPS) is 14.3. The molecule has 0 aromatic heterocycles. The van der Waals surface area contributed by atoms with Gasteiger partial charge in [-0.25, -0.2) is 0 Å². The number of nitrogens with two attached hydrogens (primary N) is 1. The molecule has 0 spiro atoms. The molecule has 0 radical (unpaired) electrons. The van der Waals surface area contributed by atoms with Gasteiger partial charge in [0, 0.05) is 12.5 Å². The molecule has 1 unspecified atom stereocenters. The molecule has 0 bridgehead atoms. The minimum absolute atomic E-state index is 0.0663. The van der Waals surface area contributed by atoms with Crippen LogP contribution in [0.15, 0.2) is 24.3 Å². The molecule has 0 aliphatic carbocycles. The average Bonchev–Trinajstić information content (AvgIpc) is 2.32. The lowest BCUT2D eigenvalue weighted by molar-refractivity contribution is -0.135. The van der Waals surface area contributed by atoms with Crippen LogP contribution in [0, 0.1) is 0 Å². The molecule has 1 atom stereocenters. The lowest BCUT2D eigenvalue weighted by Crippen LogP contribution is -2.30. The monoisotopic (exact) mass is 288 g/mol. The van der Waals surface area contributed by atoms with Crippen LogP contribution in [0.4, 0.5) is 13.2 Å². The number of hydrazine groups is 1. The lowest BCUT2D eigenvalue weighted by Gasteiger charge is -2.27. The Morgan fingerprint density at radius 3 is 2.25 bits per heavy atom. The zero-order chi connectivity index (χ0) is 15.4. The van der Waals surface area contributed by atoms with Crippen LogP contribution in [-0.4, -0.2) is 6.18 Å².